The van der Waals surface area contributed by atoms with Crippen LogP contribution in [0.1, 0.15) is 5.56 Å². The van der Waals surface area contributed by atoms with E-state index in [-0.39, 0.29) is 12.7 Å². The van der Waals surface area contributed by atoms with Crippen molar-refractivity contribution in [3.05, 3.63) is 52.1 Å². The van der Waals surface area contributed by atoms with Crippen LogP contribution < -0.4 is 24.4 Å². The fourth-order valence-electron chi connectivity index (χ4n) is 2.70. The predicted octanol–water partition coefficient (Wildman–Crippen LogP) is 3.45. The smallest absolute Gasteiger partial charge is 0.281 e. The maximum Gasteiger partial charge on any atom is 0.281 e. The third-order valence-electron chi connectivity index (χ3n) is 4.00. The highest BCUT2D eigenvalue weighted by molar-refractivity contribution is 9.10. The number of nitrogens with one attached hydrogen (secondary N) is 1. The van der Waals surface area contributed by atoms with E-state index in [1.54, 1.807) is 37.5 Å². The quantitative estimate of drug-likeness (QED) is 0.591. The van der Waals surface area contributed by atoms with Gasteiger partial charge in [0.2, 0.25) is 6.79 Å². The first-order valence-electron chi connectivity index (χ1n) is 7.67. The Morgan fingerprint density at radius 1 is 1.23 bits per heavy atom. The number of ether oxygens (including phenoxy) is 3. The summed E-state index contributed by atoms with van der Waals surface area (Å²) in [5.74, 6) is 1.78. The Morgan fingerprint density at radius 3 is 2.62 bits per heavy atom. The summed E-state index contributed by atoms with van der Waals surface area (Å²) in [7, 11) is 1.59. The minimum atomic E-state index is -0.232. The molecule has 132 valence electrons. The van der Waals surface area contributed by atoms with Gasteiger partial charge in [0.25, 0.3) is 5.91 Å². The molecule has 1 fully saturated rings. The van der Waals surface area contributed by atoms with Crippen molar-refractivity contribution in [1.82, 2.24) is 5.32 Å². The van der Waals surface area contributed by atoms with E-state index < -0.39 is 0 Å². The summed E-state index contributed by atoms with van der Waals surface area (Å²) < 4.78 is 16.7. The fraction of sp³-hybridized carbons (Fsp3) is 0.111. The van der Waals surface area contributed by atoms with Gasteiger partial charge in [-0.15, -0.1) is 0 Å². The average Bonchev–Trinajstić information content (AvgIpc) is 3.19. The van der Waals surface area contributed by atoms with Gasteiger partial charge < -0.3 is 19.5 Å². The molecule has 2 aliphatic heterocycles. The summed E-state index contributed by atoms with van der Waals surface area (Å²) in [6, 6.07) is 10.7. The van der Waals surface area contributed by atoms with Crippen molar-refractivity contribution >= 4 is 50.9 Å². The largest absolute Gasteiger partial charge is 0.497 e. The molecule has 1 saturated heterocycles. The van der Waals surface area contributed by atoms with E-state index in [0.29, 0.717) is 33.7 Å². The lowest BCUT2D eigenvalue weighted by molar-refractivity contribution is -0.113. The van der Waals surface area contributed by atoms with Crippen LogP contribution >= 0.6 is 28.1 Å². The number of hydrogen-bond acceptors (Lipinski definition) is 5. The Morgan fingerprint density at radius 2 is 1.92 bits per heavy atom. The molecule has 1 N–H and O–H groups in total. The van der Waals surface area contributed by atoms with Gasteiger partial charge in [-0.2, -0.15) is 0 Å². The van der Waals surface area contributed by atoms with Gasteiger partial charge in [0.05, 0.1) is 12.8 Å². The molecule has 0 aromatic heterocycles. The summed E-state index contributed by atoms with van der Waals surface area (Å²) in [4.78, 5) is 14.3. The number of benzene rings is 2. The van der Waals surface area contributed by atoms with Gasteiger partial charge in [-0.05, 0) is 60.3 Å². The monoisotopic (exact) mass is 432 g/mol. The van der Waals surface area contributed by atoms with Crippen LogP contribution in [0.4, 0.5) is 5.69 Å². The van der Waals surface area contributed by atoms with E-state index >= 15 is 0 Å². The first-order chi connectivity index (χ1) is 12.6. The number of carbonyl (C=O) groups excluding carboxylic acids is 1. The molecule has 2 heterocycles. The molecule has 0 bridgehead atoms. The van der Waals surface area contributed by atoms with Crippen LogP contribution in [0.5, 0.6) is 17.2 Å². The van der Waals surface area contributed by atoms with E-state index in [1.165, 1.54) is 4.90 Å². The zero-order valence-corrected chi connectivity index (χ0v) is 16.0. The number of rotatable bonds is 3. The van der Waals surface area contributed by atoms with E-state index in [9.17, 15) is 4.79 Å². The second kappa shape index (κ2) is 6.62. The Balaban J connectivity index is 1.65. The maximum absolute atomic E-state index is 12.8. The van der Waals surface area contributed by atoms with Crippen molar-refractivity contribution in [1.29, 1.82) is 0 Å². The van der Waals surface area contributed by atoms with Gasteiger partial charge in [0, 0.05) is 4.47 Å². The molecule has 0 saturated carbocycles. The SMILES string of the molecule is COc1ccc(N2C(=O)C(=Cc3cc4c(cc3Br)OCO4)NC2=S)cc1. The lowest BCUT2D eigenvalue weighted by Crippen LogP contribution is -2.30. The zero-order valence-electron chi connectivity index (χ0n) is 13.6. The highest BCUT2D eigenvalue weighted by Gasteiger charge is 2.32. The van der Waals surface area contributed by atoms with Gasteiger partial charge in [0.15, 0.2) is 16.6 Å². The summed E-state index contributed by atoms with van der Waals surface area (Å²) in [5.41, 5.74) is 1.83. The van der Waals surface area contributed by atoms with Gasteiger partial charge in [0.1, 0.15) is 11.4 Å². The summed E-state index contributed by atoms with van der Waals surface area (Å²) in [6.07, 6.45) is 1.73. The van der Waals surface area contributed by atoms with Crippen LogP contribution in [0, 0.1) is 0 Å². The molecule has 2 aliphatic rings. The molecule has 0 spiro atoms. The summed E-state index contributed by atoms with van der Waals surface area (Å²) in [6.45, 7) is 0.189. The molecular weight excluding hydrogens is 420 g/mol. The van der Waals surface area contributed by atoms with Gasteiger partial charge in [-0.1, -0.05) is 15.9 Å². The molecular formula is C18H13BrN2O4S. The standard InChI is InChI=1S/C18H13BrN2O4S/c1-23-12-4-2-11(3-5-12)21-17(22)14(20-18(21)26)6-10-7-15-16(8-13(10)19)25-9-24-15/h2-8H,9H2,1H3,(H,20,26). The minimum Gasteiger partial charge on any atom is -0.497 e. The van der Waals surface area contributed by atoms with Crippen molar-refractivity contribution < 1.29 is 19.0 Å². The molecule has 0 unspecified atom stereocenters. The molecule has 0 radical (unpaired) electrons. The highest BCUT2D eigenvalue weighted by Crippen LogP contribution is 2.38. The second-order valence-corrected chi connectivity index (χ2v) is 6.79. The number of methoxy groups -OCH3 is 1. The van der Waals surface area contributed by atoms with Crippen LogP contribution in [0.15, 0.2) is 46.6 Å². The Hall–Kier alpha value is -2.58. The molecule has 26 heavy (non-hydrogen) atoms. The molecule has 0 aliphatic carbocycles. The van der Waals surface area contributed by atoms with Gasteiger partial charge in [-0.25, -0.2) is 0 Å². The third kappa shape index (κ3) is 2.91. The van der Waals surface area contributed by atoms with Crippen molar-refractivity contribution in [2.75, 3.05) is 18.8 Å². The maximum atomic E-state index is 12.8. The number of nitrogens with zero attached hydrogens (tertiary/aromatic N) is 1. The van der Waals surface area contributed by atoms with Gasteiger partial charge in [-0.3, -0.25) is 9.69 Å². The highest BCUT2D eigenvalue weighted by atomic mass is 79.9. The first-order valence-corrected chi connectivity index (χ1v) is 8.87. The van der Waals surface area contributed by atoms with Crippen molar-refractivity contribution in [2.45, 2.75) is 0 Å². The van der Waals surface area contributed by atoms with E-state index in [1.807, 2.05) is 12.1 Å². The second-order valence-electron chi connectivity index (χ2n) is 5.55. The molecule has 4 rings (SSSR count). The number of hydrogen-bond donors (Lipinski definition) is 1. The first kappa shape index (κ1) is 16.9. The average molecular weight is 433 g/mol. The van der Waals surface area contributed by atoms with Crippen LogP contribution in [0.3, 0.4) is 0 Å². The van der Waals surface area contributed by atoms with Crippen LogP contribution in [0.2, 0.25) is 0 Å². The van der Waals surface area contributed by atoms with Crippen LogP contribution in [-0.4, -0.2) is 24.9 Å². The molecule has 0 atom stereocenters. The lowest BCUT2D eigenvalue weighted by atomic mass is 10.1. The van der Waals surface area contributed by atoms with Crippen molar-refractivity contribution in [2.24, 2.45) is 0 Å². The van der Waals surface area contributed by atoms with Crippen molar-refractivity contribution in [3.63, 3.8) is 0 Å². The third-order valence-corrected chi connectivity index (χ3v) is 4.97. The topological polar surface area (TPSA) is 60.0 Å². The van der Waals surface area contributed by atoms with Crippen molar-refractivity contribution in [3.8, 4) is 17.2 Å². The molecule has 1 amide bonds. The zero-order chi connectivity index (χ0) is 18.3. The molecule has 6 nitrogen and oxygen atoms in total. The Labute approximate surface area is 163 Å². The summed E-state index contributed by atoms with van der Waals surface area (Å²) in [5, 5.41) is 3.29. The molecule has 8 heteroatoms. The minimum absolute atomic E-state index is 0.189. The summed E-state index contributed by atoms with van der Waals surface area (Å²) >= 11 is 8.82. The number of carbonyl (C=O) groups is 1. The van der Waals surface area contributed by atoms with Gasteiger partial charge >= 0.3 is 0 Å². The molecule has 2 aromatic rings. The fourth-order valence-corrected chi connectivity index (χ4v) is 3.43. The number of thiocarbonyl (C=S) groups is 1. The van der Waals surface area contributed by atoms with E-state index in [2.05, 4.69) is 21.2 Å². The lowest BCUT2D eigenvalue weighted by Gasteiger charge is -2.14. The number of amides is 1. The van der Waals surface area contributed by atoms with Crippen LogP contribution in [-0.2, 0) is 4.79 Å². The normalized spacial score (nSPS) is 17.0. The van der Waals surface area contributed by atoms with E-state index in [4.69, 9.17) is 26.4 Å². The van der Waals surface area contributed by atoms with E-state index in [0.717, 1.165) is 10.0 Å². The number of fused-ring (bicyclic) bond motifs is 1. The number of anilines is 1. The van der Waals surface area contributed by atoms with Crippen LogP contribution in [0.25, 0.3) is 6.08 Å². The Kier molecular flexibility index (Phi) is 4.29. The predicted molar refractivity (Wildman–Crippen MR) is 104 cm³/mol. The molecule has 2 aromatic carbocycles. The number of halogens is 1. The Bertz CT molecular complexity index is 943.